The fourth-order valence-electron chi connectivity index (χ4n) is 2.31. The number of carbonyl (C=O) groups is 2. The first-order chi connectivity index (χ1) is 11.5. The number of anilines is 1. The van der Waals surface area contributed by atoms with Gasteiger partial charge in [-0.3, -0.25) is 14.2 Å². The number of rotatable bonds is 7. The van der Waals surface area contributed by atoms with Gasteiger partial charge >= 0.3 is 0 Å². The van der Waals surface area contributed by atoms with Crippen LogP contribution in [0.2, 0.25) is 0 Å². The second kappa shape index (κ2) is 8.09. The Morgan fingerprint density at radius 1 is 1.29 bits per heavy atom. The Kier molecular flexibility index (Phi) is 5.89. The first-order valence-corrected chi connectivity index (χ1v) is 7.66. The summed E-state index contributed by atoms with van der Waals surface area (Å²) in [6.07, 6.45) is 4.45. The van der Waals surface area contributed by atoms with Crippen molar-refractivity contribution in [2.45, 2.75) is 32.7 Å². The molecule has 0 fully saturated rings. The summed E-state index contributed by atoms with van der Waals surface area (Å²) >= 11 is 0. The third kappa shape index (κ3) is 4.31. The van der Waals surface area contributed by atoms with E-state index in [1.807, 2.05) is 13.0 Å². The molecule has 0 saturated carbocycles. The Morgan fingerprint density at radius 3 is 2.58 bits per heavy atom. The number of hydrogen-bond donors (Lipinski definition) is 2. The van der Waals surface area contributed by atoms with Gasteiger partial charge in [0.25, 0.3) is 0 Å². The van der Waals surface area contributed by atoms with E-state index in [2.05, 4.69) is 20.8 Å². The summed E-state index contributed by atoms with van der Waals surface area (Å²) in [7, 11) is 1.53. The van der Waals surface area contributed by atoms with Crippen LogP contribution in [0.25, 0.3) is 5.69 Å². The Labute approximate surface area is 140 Å². The normalized spacial score (nSPS) is 11.6. The number of carbonyl (C=O) groups excluding carboxylic acids is 2. The quantitative estimate of drug-likeness (QED) is 0.801. The molecule has 24 heavy (non-hydrogen) atoms. The van der Waals surface area contributed by atoms with Crippen molar-refractivity contribution >= 4 is 17.5 Å². The highest BCUT2D eigenvalue weighted by Gasteiger charge is 2.20. The van der Waals surface area contributed by atoms with Crippen LogP contribution < -0.4 is 15.4 Å². The van der Waals surface area contributed by atoms with Crippen molar-refractivity contribution in [1.82, 2.24) is 20.1 Å². The van der Waals surface area contributed by atoms with Crippen LogP contribution in [-0.2, 0) is 9.59 Å². The lowest BCUT2D eigenvalue weighted by molar-refractivity contribution is -0.125. The number of aromatic nitrogens is 3. The predicted molar refractivity (Wildman–Crippen MR) is 89.1 cm³/mol. The van der Waals surface area contributed by atoms with Crippen molar-refractivity contribution in [3.8, 4) is 11.4 Å². The highest BCUT2D eigenvalue weighted by atomic mass is 16.5. The maximum atomic E-state index is 12.5. The molecule has 0 radical (unpaired) electrons. The van der Waals surface area contributed by atoms with Gasteiger partial charge in [0.2, 0.25) is 11.8 Å². The number of ether oxygens (including phenoxy) is 1. The standard InChI is InChI=1S/C16H21N5O3/c1-4-5-13(19-11(2)22)16(23)20-14-8-12(6-7-15(14)24-3)21-9-17-18-10-21/h6-10,13H,4-5H2,1-3H3,(H,19,22)(H,20,23). The number of methoxy groups -OCH3 is 1. The lowest BCUT2D eigenvalue weighted by Gasteiger charge is -2.18. The lowest BCUT2D eigenvalue weighted by Crippen LogP contribution is -2.42. The van der Waals surface area contributed by atoms with Gasteiger partial charge in [-0.05, 0) is 24.6 Å². The van der Waals surface area contributed by atoms with Gasteiger partial charge in [-0.25, -0.2) is 0 Å². The summed E-state index contributed by atoms with van der Waals surface area (Å²) in [5, 5.41) is 13.0. The van der Waals surface area contributed by atoms with Gasteiger partial charge < -0.3 is 15.4 Å². The molecule has 1 heterocycles. The van der Waals surface area contributed by atoms with E-state index < -0.39 is 6.04 Å². The van der Waals surface area contributed by atoms with Crippen molar-refractivity contribution in [2.24, 2.45) is 0 Å². The van der Waals surface area contributed by atoms with E-state index >= 15 is 0 Å². The van der Waals surface area contributed by atoms with Crippen LogP contribution in [0.15, 0.2) is 30.9 Å². The largest absolute Gasteiger partial charge is 0.495 e. The van der Waals surface area contributed by atoms with Gasteiger partial charge in [0, 0.05) is 6.92 Å². The summed E-state index contributed by atoms with van der Waals surface area (Å²) in [5.41, 5.74) is 1.29. The number of nitrogens with one attached hydrogen (secondary N) is 2. The third-order valence-electron chi connectivity index (χ3n) is 3.43. The summed E-state index contributed by atoms with van der Waals surface area (Å²) in [4.78, 5) is 23.8. The molecule has 2 aromatic rings. The maximum Gasteiger partial charge on any atom is 0.247 e. The Bertz CT molecular complexity index is 700. The minimum Gasteiger partial charge on any atom is -0.495 e. The molecule has 2 N–H and O–H groups in total. The van der Waals surface area contributed by atoms with E-state index in [0.29, 0.717) is 17.9 Å². The first-order valence-electron chi connectivity index (χ1n) is 7.66. The fourth-order valence-corrected chi connectivity index (χ4v) is 2.31. The minimum absolute atomic E-state index is 0.242. The molecule has 128 valence electrons. The van der Waals surface area contributed by atoms with Crippen molar-refractivity contribution in [2.75, 3.05) is 12.4 Å². The first kappa shape index (κ1) is 17.5. The molecular weight excluding hydrogens is 310 g/mol. The second-order valence-corrected chi connectivity index (χ2v) is 5.28. The molecule has 1 aromatic heterocycles. The Hall–Kier alpha value is -2.90. The molecule has 0 bridgehead atoms. The molecule has 2 amide bonds. The second-order valence-electron chi connectivity index (χ2n) is 5.28. The zero-order valence-electron chi connectivity index (χ0n) is 13.9. The van der Waals surface area contributed by atoms with E-state index in [0.717, 1.165) is 12.1 Å². The number of amides is 2. The molecule has 1 unspecified atom stereocenters. The minimum atomic E-state index is -0.587. The van der Waals surface area contributed by atoms with Crippen LogP contribution in [0.1, 0.15) is 26.7 Å². The average Bonchev–Trinajstić information content (AvgIpc) is 3.08. The molecule has 0 spiro atoms. The Morgan fingerprint density at radius 2 is 2.00 bits per heavy atom. The molecule has 1 aromatic carbocycles. The fraction of sp³-hybridized carbons (Fsp3) is 0.375. The molecule has 2 rings (SSSR count). The average molecular weight is 331 g/mol. The highest BCUT2D eigenvalue weighted by molar-refractivity contribution is 5.98. The van der Waals surface area contributed by atoms with E-state index in [-0.39, 0.29) is 11.8 Å². The van der Waals surface area contributed by atoms with Gasteiger partial charge in [0.15, 0.2) is 0 Å². The monoisotopic (exact) mass is 331 g/mol. The van der Waals surface area contributed by atoms with E-state index in [1.54, 1.807) is 29.4 Å². The summed E-state index contributed by atoms with van der Waals surface area (Å²) in [6.45, 7) is 3.35. The van der Waals surface area contributed by atoms with Crippen LogP contribution in [0.3, 0.4) is 0 Å². The van der Waals surface area contributed by atoms with Crippen LogP contribution in [-0.4, -0.2) is 39.7 Å². The zero-order chi connectivity index (χ0) is 17.5. The molecule has 0 aliphatic rings. The van der Waals surface area contributed by atoms with E-state index in [4.69, 9.17) is 4.74 Å². The Balaban J connectivity index is 2.24. The lowest BCUT2D eigenvalue weighted by atomic mass is 10.1. The number of nitrogens with zero attached hydrogens (tertiary/aromatic N) is 3. The third-order valence-corrected chi connectivity index (χ3v) is 3.43. The smallest absolute Gasteiger partial charge is 0.247 e. The predicted octanol–water partition coefficient (Wildman–Crippen LogP) is 1.52. The van der Waals surface area contributed by atoms with Crippen molar-refractivity contribution < 1.29 is 14.3 Å². The topological polar surface area (TPSA) is 98.1 Å². The van der Waals surface area contributed by atoms with Gasteiger partial charge in [-0.2, -0.15) is 0 Å². The summed E-state index contributed by atoms with van der Waals surface area (Å²) in [6, 6.07) is 4.75. The summed E-state index contributed by atoms with van der Waals surface area (Å²) in [5.74, 6) is -0.00157. The molecule has 8 heteroatoms. The molecule has 0 saturated heterocycles. The van der Waals surface area contributed by atoms with Crippen molar-refractivity contribution in [3.63, 3.8) is 0 Å². The molecule has 0 aliphatic carbocycles. The van der Waals surface area contributed by atoms with Gasteiger partial charge in [0.05, 0.1) is 18.5 Å². The van der Waals surface area contributed by atoms with Gasteiger partial charge in [0.1, 0.15) is 24.4 Å². The molecule has 1 atom stereocenters. The van der Waals surface area contributed by atoms with Gasteiger partial charge in [-0.1, -0.05) is 13.3 Å². The van der Waals surface area contributed by atoms with Crippen LogP contribution in [0.4, 0.5) is 5.69 Å². The van der Waals surface area contributed by atoms with E-state index in [9.17, 15) is 9.59 Å². The maximum absolute atomic E-state index is 12.5. The summed E-state index contributed by atoms with van der Waals surface area (Å²) < 4.78 is 7.01. The zero-order valence-corrected chi connectivity index (χ0v) is 13.9. The van der Waals surface area contributed by atoms with Crippen LogP contribution in [0, 0.1) is 0 Å². The van der Waals surface area contributed by atoms with Crippen LogP contribution >= 0.6 is 0 Å². The van der Waals surface area contributed by atoms with E-state index in [1.165, 1.54) is 14.0 Å². The number of hydrogen-bond acceptors (Lipinski definition) is 5. The molecular formula is C16H21N5O3. The van der Waals surface area contributed by atoms with Crippen molar-refractivity contribution in [1.29, 1.82) is 0 Å². The molecule has 8 nitrogen and oxygen atoms in total. The number of benzene rings is 1. The van der Waals surface area contributed by atoms with Crippen LogP contribution in [0.5, 0.6) is 5.75 Å². The molecule has 0 aliphatic heterocycles. The SMILES string of the molecule is CCCC(NC(C)=O)C(=O)Nc1cc(-n2cnnc2)ccc1OC. The van der Waals surface area contributed by atoms with Crippen molar-refractivity contribution in [3.05, 3.63) is 30.9 Å². The highest BCUT2D eigenvalue weighted by Crippen LogP contribution is 2.27. The van der Waals surface area contributed by atoms with Gasteiger partial charge in [-0.15, -0.1) is 10.2 Å².